The molecule has 0 radical (unpaired) electrons. The Morgan fingerprint density at radius 1 is 1.59 bits per heavy atom. The fourth-order valence-electron chi connectivity index (χ4n) is 1.30. The summed E-state index contributed by atoms with van der Waals surface area (Å²) in [5.41, 5.74) is -0.160. The number of aromatic nitrogens is 1. The van der Waals surface area contributed by atoms with Gasteiger partial charge in [0.25, 0.3) is 0 Å². The molecule has 0 saturated heterocycles. The fraction of sp³-hybridized carbons (Fsp3) is 0.455. The highest BCUT2D eigenvalue weighted by molar-refractivity contribution is 6.33. The van der Waals surface area contributed by atoms with Crippen LogP contribution in [0.4, 0.5) is 5.82 Å². The molecule has 0 bridgehead atoms. The summed E-state index contributed by atoms with van der Waals surface area (Å²) in [6.07, 6.45) is 1.14. The van der Waals surface area contributed by atoms with Crippen molar-refractivity contribution >= 4 is 23.4 Å². The second kappa shape index (κ2) is 6.42. The predicted octanol–water partition coefficient (Wildman–Crippen LogP) is 2.01. The molecular formula is C11H15ClN2O3. The highest BCUT2D eigenvalue weighted by Gasteiger charge is 2.11. The van der Waals surface area contributed by atoms with Gasteiger partial charge in [0.1, 0.15) is 5.82 Å². The Morgan fingerprint density at radius 2 is 2.29 bits per heavy atom. The summed E-state index contributed by atoms with van der Waals surface area (Å²) in [5.74, 6) is -0.681. The first-order valence-electron chi connectivity index (χ1n) is 5.32. The quantitative estimate of drug-likeness (QED) is 0.680. The lowest BCUT2D eigenvalue weighted by Crippen LogP contribution is -2.09. The zero-order valence-corrected chi connectivity index (χ0v) is 10.2. The van der Waals surface area contributed by atoms with Crippen LogP contribution in [0.15, 0.2) is 12.1 Å². The van der Waals surface area contributed by atoms with Gasteiger partial charge in [-0.2, -0.15) is 0 Å². The number of nitrogens with zero attached hydrogens (tertiary/aromatic N) is 1. The Labute approximate surface area is 104 Å². The summed E-state index contributed by atoms with van der Waals surface area (Å²) >= 11 is 5.69. The van der Waals surface area contributed by atoms with Crippen molar-refractivity contribution in [3.8, 4) is 0 Å². The van der Waals surface area contributed by atoms with E-state index in [1.165, 1.54) is 6.07 Å². The Kier molecular flexibility index (Phi) is 5.18. The van der Waals surface area contributed by atoms with E-state index in [1.54, 1.807) is 13.0 Å². The average molecular weight is 259 g/mol. The second-order valence-corrected chi connectivity index (χ2v) is 4.16. The van der Waals surface area contributed by atoms with Crippen molar-refractivity contribution in [2.45, 2.75) is 25.9 Å². The van der Waals surface area contributed by atoms with Crippen LogP contribution < -0.4 is 5.32 Å². The van der Waals surface area contributed by atoms with Crippen molar-refractivity contribution in [2.24, 2.45) is 0 Å². The first-order chi connectivity index (χ1) is 8.00. The molecule has 5 nitrogen and oxygen atoms in total. The minimum absolute atomic E-state index is 0.118. The summed E-state index contributed by atoms with van der Waals surface area (Å²) in [6.45, 7) is 2.35. The molecule has 0 fully saturated rings. The molecule has 0 aromatic carbocycles. The van der Waals surface area contributed by atoms with E-state index >= 15 is 0 Å². The Balaban J connectivity index is 2.54. The number of hydrogen-bond acceptors (Lipinski definition) is 4. The van der Waals surface area contributed by atoms with Crippen molar-refractivity contribution in [3.63, 3.8) is 0 Å². The highest BCUT2D eigenvalue weighted by Crippen LogP contribution is 2.16. The monoisotopic (exact) mass is 258 g/mol. The van der Waals surface area contributed by atoms with Gasteiger partial charge in [-0.15, -0.1) is 0 Å². The molecule has 17 heavy (non-hydrogen) atoms. The number of anilines is 1. The van der Waals surface area contributed by atoms with Crippen LogP contribution in [0, 0.1) is 0 Å². The van der Waals surface area contributed by atoms with Crippen LogP contribution in [0.2, 0.25) is 5.02 Å². The number of nitrogens with one attached hydrogen (secondary N) is 1. The number of pyridine rings is 1. The molecule has 0 saturated carbocycles. The average Bonchev–Trinajstić information content (AvgIpc) is 2.25. The standard InChI is InChI=1S/C11H15ClN2O3/c1-7(15)3-2-6-13-9-5-4-8(12)10(14-9)11(16)17/h4-5,7,15H,2-3,6H2,1H3,(H,13,14)(H,16,17). The van der Waals surface area contributed by atoms with Crippen LogP contribution in [0.1, 0.15) is 30.3 Å². The summed E-state index contributed by atoms with van der Waals surface area (Å²) in [5, 5.41) is 21.0. The molecule has 1 atom stereocenters. The van der Waals surface area contributed by atoms with Gasteiger partial charge in [-0.25, -0.2) is 9.78 Å². The van der Waals surface area contributed by atoms with Gasteiger partial charge in [0.05, 0.1) is 11.1 Å². The smallest absolute Gasteiger partial charge is 0.356 e. The third-order valence-electron chi connectivity index (χ3n) is 2.15. The molecule has 1 aromatic rings. The van der Waals surface area contributed by atoms with E-state index in [-0.39, 0.29) is 16.8 Å². The predicted molar refractivity (Wildman–Crippen MR) is 65.6 cm³/mol. The van der Waals surface area contributed by atoms with Crippen molar-refractivity contribution in [1.29, 1.82) is 0 Å². The number of carboxylic acid groups (broad SMARTS) is 1. The van der Waals surface area contributed by atoms with Crippen LogP contribution in [0.3, 0.4) is 0 Å². The van der Waals surface area contributed by atoms with Crippen LogP contribution in [0.25, 0.3) is 0 Å². The SMILES string of the molecule is CC(O)CCCNc1ccc(Cl)c(C(=O)O)n1. The molecule has 0 aliphatic carbocycles. The normalized spacial score (nSPS) is 12.2. The van der Waals surface area contributed by atoms with E-state index in [4.69, 9.17) is 21.8 Å². The van der Waals surface area contributed by atoms with Gasteiger partial charge in [-0.05, 0) is 31.9 Å². The van der Waals surface area contributed by atoms with Crippen LogP contribution in [0.5, 0.6) is 0 Å². The molecule has 1 aromatic heterocycles. The van der Waals surface area contributed by atoms with Gasteiger partial charge >= 0.3 is 5.97 Å². The fourth-order valence-corrected chi connectivity index (χ4v) is 1.49. The molecule has 1 rings (SSSR count). The van der Waals surface area contributed by atoms with E-state index in [1.807, 2.05) is 0 Å². The van der Waals surface area contributed by atoms with Crippen molar-refractivity contribution in [3.05, 3.63) is 22.8 Å². The van der Waals surface area contributed by atoms with Crippen molar-refractivity contribution in [2.75, 3.05) is 11.9 Å². The van der Waals surface area contributed by atoms with Crippen LogP contribution >= 0.6 is 11.6 Å². The maximum absolute atomic E-state index is 10.8. The number of aliphatic hydroxyl groups is 1. The topological polar surface area (TPSA) is 82.5 Å². The molecule has 6 heteroatoms. The lowest BCUT2D eigenvalue weighted by molar-refractivity contribution is 0.0691. The van der Waals surface area contributed by atoms with E-state index in [2.05, 4.69) is 10.3 Å². The Morgan fingerprint density at radius 3 is 2.88 bits per heavy atom. The van der Waals surface area contributed by atoms with Crippen molar-refractivity contribution < 1.29 is 15.0 Å². The van der Waals surface area contributed by atoms with E-state index < -0.39 is 5.97 Å². The lowest BCUT2D eigenvalue weighted by Gasteiger charge is -2.08. The molecule has 0 aliphatic heterocycles. The number of carbonyl (C=O) groups is 1. The lowest BCUT2D eigenvalue weighted by atomic mass is 10.2. The number of aromatic carboxylic acids is 1. The molecule has 0 spiro atoms. The summed E-state index contributed by atoms with van der Waals surface area (Å²) < 4.78 is 0. The van der Waals surface area contributed by atoms with Crippen LogP contribution in [-0.4, -0.2) is 33.8 Å². The Hall–Kier alpha value is -1.33. The first-order valence-corrected chi connectivity index (χ1v) is 5.70. The molecule has 0 amide bonds. The van der Waals surface area contributed by atoms with Gasteiger partial charge < -0.3 is 15.5 Å². The number of halogens is 1. The van der Waals surface area contributed by atoms with Gasteiger partial charge in [0.2, 0.25) is 0 Å². The summed E-state index contributed by atoms with van der Waals surface area (Å²) in [4.78, 5) is 14.7. The molecule has 1 heterocycles. The molecule has 94 valence electrons. The minimum Gasteiger partial charge on any atom is -0.476 e. The summed E-state index contributed by atoms with van der Waals surface area (Å²) in [6, 6.07) is 3.12. The van der Waals surface area contributed by atoms with Gasteiger partial charge in [0, 0.05) is 6.54 Å². The number of rotatable bonds is 6. The number of aliphatic hydroxyl groups excluding tert-OH is 1. The number of carboxylic acids is 1. The molecular weight excluding hydrogens is 244 g/mol. The largest absolute Gasteiger partial charge is 0.476 e. The third-order valence-corrected chi connectivity index (χ3v) is 2.46. The molecule has 0 aliphatic rings. The van der Waals surface area contributed by atoms with Crippen LogP contribution in [-0.2, 0) is 0 Å². The molecule has 3 N–H and O–H groups in total. The zero-order chi connectivity index (χ0) is 12.8. The zero-order valence-electron chi connectivity index (χ0n) is 9.48. The molecule has 1 unspecified atom stereocenters. The highest BCUT2D eigenvalue weighted by atomic mass is 35.5. The van der Waals surface area contributed by atoms with Crippen molar-refractivity contribution in [1.82, 2.24) is 4.98 Å². The maximum atomic E-state index is 10.8. The first kappa shape index (κ1) is 13.7. The van der Waals surface area contributed by atoms with E-state index in [9.17, 15) is 4.79 Å². The van der Waals surface area contributed by atoms with Gasteiger partial charge in [-0.3, -0.25) is 0 Å². The van der Waals surface area contributed by atoms with Gasteiger partial charge in [0.15, 0.2) is 5.69 Å². The third kappa shape index (κ3) is 4.58. The minimum atomic E-state index is -1.15. The number of hydrogen-bond donors (Lipinski definition) is 3. The Bertz CT molecular complexity index is 396. The second-order valence-electron chi connectivity index (χ2n) is 3.75. The van der Waals surface area contributed by atoms with E-state index in [0.29, 0.717) is 18.8 Å². The van der Waals surface area contributed by atoms with E-state index in [0.717, 1.165) is 6.42 Å². The summed E-state index contributed by atoms with van der Waals surface area (Å²) in [7, 11) is 0. The van der Waals surface area contributed by atoms with Gasteiger partial charge in [-0.1, -0.05) is 11.6 Å². The maximum Gasteiger partial charge on any atom is 0.356 e.